The summed E-state index contributed by atoms with van der Waals surface area (Å²) >= 11 is 0. The summed E-state index contributed by atoms with van der Waals surface area (Å²) in [7, 11) is 1.28. The topological polar surface area (TPSA) is 27.7 Å². The molecule has 0 amide bonds. The Hall–Kier alpha value is 0.748. The molecule has 7 heteroatoms. The summed E-state index contributed by atoms with van der Waals surface area (Å²) < 4.78 is 14.8. The Labute approximate surface area is 79.3 Å². The van der Waals surface area contributed by atoms with Crippen LogP contribution in [-0.2, 0) is 12.7 Å². The minimum absolute atomic E-state index is 0.00849. The fraction of sp³-hybridized carbons (Fsp3) is 1.00. The summed E-state index contributed by atoms with van der Waals surface area (Å²) in [5.74, 6) is 0. The van der Waals surface area contributed by atoms with Gasteiger partial charge >= 0.3 is 0 Å². The van der Waals surface area contributed by atoms with Crippen molar-refractivity contribution in [3.8, 4) is 0 Å². The molecule has 0 unspecified atom stereocenters. The summed E-state index contributed by atoms with van der Waals surface area (Å²) in [4.78, 5) is 0. The van der Waals surface area contributed by atoms with Gasteiger partial charge in [-0.25, -0.2) is 0 Å². The number of rotatable bonds is 2. The van der Waals surface area contributed by atoms with E-state index in [1.165, 1.54) is 18.9 Å². The van der Waals surface area contributed by atoms with Crippen molar-refractivity contribution in [1.82, 2.24) is 0 Å². The van der Waals surface area contributed by atoms with Crippen LogP contribution < -0.4 is 0 Å². The molecule has 0 N–H and O–H groups in total. The maximum atomic E-state index is 5.21. The van der Waals surface area contributed by atoms with Crippen molar-refractivity contribution < 1.29 is 12.7 Å². The zero-order valence-electron chi connectivity index (χ0n) is 7.47. The molecule has 0 spiro atoms. The van der Waals surface area contributed by atoms with Gasteiger partial charge in [-0.3, -0.25) is 0 Å². The first-order chi connectivity index (χ1) is 5.41. The molecule has 1 fully saturated rings. The van der Waals surface area contributed by atoms with E-state index in [1.807, 2.05) is 0 Å². The molecule has 0 aromatic heterocycles. The number of hydrogen-bond acceptors (Lipinski definition) is 3. The number of hydrogen-bond donors (Lipinski definition) is 0. The van der Waals surface area contributed by atoms with E-state index < -0.39 is 10.0 Å². The first kappa shape index (κ1) is 11.7. The Morgan fingerprint density at radius 2 is 2.00 bits per heavy atom. The fourth-order valence-corrected chi connectivity index (χ4v) is 5.04. The molecule has 3 nitrogen and oxygen atoms in total. The molecule has 0 saturated carbocycles. The molecule has 0 aromatic rings. The third kappa shape index (κ3) is 10.7. The van der Waals surface area contributed by atoms with E-state index in [4.69, 9.17) is 12.7 Å². The van der Waals surface area contributed by atoms with Gasteiger partial charge in [-0.05, 0) is 12.5 Å². The molecule has 0 aliphatic carbocycles. The van der Waals surface area contributed by atoms with E-state index in [9.17, 15) is 0 Å². The highest BCUT2D eigenvalue weighted by Crippen LogP contribution is 2.01. The van der Waals surface area contributed by atoms with Gasteiger partial charge in [0.15, 0.2) is 9.76 Å². The van der Waals surface area contributed by atoms with Gasteiger partial charge in [0.25, 0.3) is 10.0 Å². The zero-order valence-corrected chi connectivity index (χ0v) is 14.3. The molecule has 1 saturated heterocycles. The van der Waals surface area contributed by atoms with E-state index in [0.29, 0.717) is 0 Å². The minimum Gasteiger partial charge on any atom is -0.449 e. The van der Waals surface area contributed by atoms with Gasteiger partial charge in [0.2, 0.25) is 0 Å². The summed E-state index contributed by atoms with van der Waals surface area (Å²) in [6, 6.07) is 1.42. The molecule has 0 aromatic carbocycles. The van der Waals surface area contributed by atoms with Gasteiger partial charge in [-0.15, -0.1) is 0 Å². The van der Waals surface area contributed by atoms with E-state index >= 15 is 0 Å². The molecular formula is C4H18O3Si4. The second kappa shape index (κ2) is 10.7. The lowest BCUT2D eigenvalue weighted by molar-refractivity contribution is 0.304. The quantitative estimate of drug-likeness (QED) is 0.467. The van der Waals surface area contributed by atoms with Crippen molar-refractivity contribution in [2.75, 3.05) is 6.61 Å². The summed E-state index contributed by atoms with van der Waals surface area (Å²) in [6.07, 6.45) is 2.75. The fourth-order valence-electron chi connectivity index (χ4n) is 0.805. The molecule has 1 heterocycles. The van der Waals surface area contributed by atoms with E-state index in [-0.39, 0.29) is 9.76 Å². The van der Waals surface area contributed by atoms with Crippen molar-refractivity contribution in [3.05, 3.63) is 0 Å². The standard InChI is InChI=1S/C4H10OSi.H8O2Si3/c1-2-4-6-5-3-1;3-1-5-2-4/h1-4,6H2;5H2,3-4H3. The lowest BCUT2D eigenvalue weighted by Crippen LogP contribution is -2.06. The van der Waals surface area contributed by atoms with Crippen molar-refractivity contribution in [2.24, 2.45) is 0 Å². The summed E-state index contributed by atoms with van der Waals surface area (Å²) in [6.45, 7) is 1.06. The van der Waals surface area contributed by atoms with Crippen molar-refractivity contribution in [2.45, 2.75) is 18.9 Å². The highest BCUT2D eigenvalue weighted by Gasteiger charge is 1.96. The van der Waals surface area contributed by atoms with Crippen molar-refractivity contribution in [1.29, 1.82) is 0 Å². The highest BCUT2D eigenvalue weighted by molar-refractivity contribution is 6.33. The monoisotopic (exact) mass is 226 g/mol. The van der Waals surface area contributed by atoms with Gasteiger partial charge in [0, 0.05) is 6.61 Å². The Bertz CT molecular complexity index is 56.8. The lowest BCUT2D eigenvalue weighted by atomic mass is 10.4. The smallest absolute Gasteiger partial charge is 0.282 e. The Kier molecular flexibility index (Phi) is 11.5. The highest BCUT2D eigenvalue weighted by atomic mass is 28.3. The predicted molar refractivity (Wildman–Crippen MR) is 59.1 cm³/mol. The SMILES string of the molecule is C1CC[SiH2]OC1.[SiH3]O[SiH2]O[SiH3]. The molecule has 1 aliphatic heterocycles. The van der Waals surface area contributed by atoms with E-state index in [0.717, 1.165) is 27.6 Å². The molecule has 68 valence electrons. The van der Waals surface area contributed by atoms with Gasteiger partial charge in [-0.2, -0.15) is 0 Å². The normalized spacial score (nSPS) is 20.7. The van der Waals surface area contributed by atoms with Crippen LogP contribution in [-0.4, -0.2) is 47.3 Å². The van der Waals surface area contributed by atoms with Crippen LogP contribution in [0.2, 0.25) is 6.04 Å². The maximum Gasteiger partial charge on any atom is 0.282 e. The maximum absolute atomic E-state index is 5.21. The van der Waals surface area contributed by atoms with Gasteiger partial charge in [-0.1, -0.05) is 6.42 Å². The molecule has 0 atom stereocenters. The lowest BCUT2D eigenvalue weighted by Gasteiger charge is -2.07. The van der Waals surface area contributed by atoms with Crippen LogP contribution in [0.1, 0.15) is 12.8 Å². The first-order valence-electron chi connectivity index (χ1n) is 3.97. The minimum atomic E-state index is -0.444. The van der Waals surface area contributed by atoms with Crippen LogP contribution in [0, 0.1) is 0 Å². The van der Waals surface area contributed by atoms with Crippen LogP contribution in [0.15, 0.2) is 0 Å². The molecule has 11 heavy (non-hydrogen) atoms. The van der Waals surface area contributed by atoms with E-state index in [1.54, 1.807) is 0 Å². The Morgan fingerprint density at radius 1 is 1.27 bits per heavy atom. The van der Waals surface area contributed by atoms with Gasteiger partial charge in [0.05, 0.1) is 0 Å². The van der Waals surface area contributed by atoms with Crippen LogP contribution in [0.3, 0.4) is 0 Å². The first-order valence-corrected chi connectivity index (χ1v) is 8.34. The molecule has 0 bridgehead atoms. The van der Waals surface area contributed by atoms with Crippen LogP contribution in [0.4, 0.5) is 0 Å². The van der Waals surface area contributed by atoms with Crippen molar-refractivity contribution in [3.63, 3.8) is 0 Å². The predicted octanol–water partition coefficient (Wildman–Crippen LogP) is -3.12. The second-order valence-electron chi connectivity index (χ2n) is 2.37. The molecule has 1 aliphatic rings. The van der Waals surface area contributed by atoms with Crippen LogP contribution in [0.5, 0.6) is 0 Å². The Morgan fingerprint density at radius 3 is 2.09 bits per heavy atom. The Balaban J connectivity index is 0.000000187. The average Bonchev–Trinajstić information content (AvgIpc) is 2.10. The molecule has 1 rings (SSSR count). The second-order valence-corrected chi connectivity index (χ2v) is 8.75. The van der Waals surface area contributed by atoms with Crippen molar-refractivity contribution >= 4 is 40.7 Å². The average molecular weight is 227 g/mol. The third-order valence-corrected chi connectivity index (χ3v) is 4.56. The summed E-state index contributed by atoms with van der Waals surface area (Å²) in [5.41, 5.74) is 0. The van der Waals surface area contributed by atoms with E-state index in [2.05, 4.69) is 0 Å². The van der Waals surface area contributed by atoms with Crippen LogP contribution >= 0.6 is 0 Å². The van der Waals surface area contributed by atoms with Crippen LogP contribution in [0.25, 0.3) is 0 Å². The van der Waals surface area contributed by atoms with Gasteiger partial charge in [0.1, 0.15) is 21.0 Å². The zero-order chi connectivity index (χ0) is 8.36. The largest absolute Gasteiger partial charge is 0.449 e. The summed E-state index contributed by atoms with van der Waals surface area (Å²) in [5, 5.41) is 0. The molecular weight excluding hydrogens is 208 g/mol. The van der Waals surface area contributed by atoms with Gasteiger partial charge < -0.3 is 12.7 Å². The third-order valence-electron chi connectivity index (χ3n) is 1.31. The molecule has 0 radical (unpaired) electrons.